The van der Waals surface area contributed by atoms with Gasteiger partial charge in [0.25, 0.3) is 0 Å². The second-order valence-corrected chi connectivity index (χ2v) is 4.12. The number of ether oxygens (including phenoxy) is 1. The van der Waals surface area contributed by atoms with Crippen molar-refractivity contribution in [1.82, 2.24) is 0 Å². The predicted molar refractivity (Wildman–Crippen MR) is 55.1 cm³/mol. The Labute approximate surface area is 83.1 Å². The molecule has 2 N–H and O–H groups in total. The van der Waals surface area contributed by atoms with Crippen LogP contribution in [0.25, 0.3) is 6.08 Å². The van der Waals surface area contributed by atoms with Crippen molar-refractivity contribution in [3.8, 4) is 5.75 Å². The van der Waals surface area contributed by atoms with Crippen LogP contribution >= 0.6 is 0 Å². The number of methoxy groups -OCH3 is 1. The van der Waals surface area contributed by atoms with E-state index in [0.717, 1.165) is 16.7 Å². The minimum Gasteiger partial charge on any atom is -0.497 e. The summed E-state index contributed by atoms with van der Waals surface area (Å²) in [5, 5.41) is 5.75. The van der Waals surface area contributed by atoms with Crippen LogP contribution in [0.2, 0.25) is 0 Å². The maximum Gasteiger partial charge on any atom is 0.231 e. The predicted octanol–water partition coefficient (Wildman–Crippen LogP) is 0.954. The third-order valence-electron chi connectivity index (χ3n) is 1.57. The maximum atomic E-state index is 10.6. The summed E-state index contributed by atoms with van der Waals surface area (Å²) in [5.74, 6) is 0.720. The van der Waals surface area contributed by atoms with Crippen LogP contribution in [0.3, 0.4) is 0 Å². The third-order valence-corrected chi connectivity index (χ3v) is 2.08. The first-order valence-corrected chi connectivity index (χ1v) is 5.47. The topological polar surface area (TPSA) is 69.4 Å². The van der Waals surface area contributed by atoms with Crippen molar-refractivity contribution in [3.05, 3.63) is 35.2 Å². The maximum absolute atomic E-state index is 10.6. The number of benzene rings is 1. The van der Waals surface area contributed by atoms with Crippen molar-refractivity contribution >= 4 is 16.1 Å². The molecular formula is C9H11NO3S. The second kappa shape index (κ2) is 4.26. The molecule has 0 fully saturated rings. The van der Waals surface area contributed by atoms with Gasteiger partial charge in [-0.3, -0.25) is 0 Å². The van der Waals surface area contributed by atoms with Crippen LogP contribution in [0, 0.1) is 0 Å². The van der Waals surface area contributed by atoms with Gasteiger partial charge in [-0.15, -0.1) is 0 Å². The Morgan fingerprint density at radius 3 is 2.29 bits per heavy atom. The Morgan fingerprint density at radius 1 is 1.29 bits per heavy atom. The molecule has 1 rings (SSSR count). The first kappa shape index (κ1) is 10.7. The van der Waals surface area contributed by atoms with Gasteiger partial charge in [0.2, 0.25) is 10.0 Å². The summed E-state index contributed by atoms with van der Waals surface area (Å²) in [6.07, 6.45) is 1.43. The molecule has 0 aliphatic heterocycles. The molecule has 1 aromatic carbocycles. The zero-order valence-corrected chi connectivity index (χ0v) is 8.49. The first-order chi connectivity index (χ1) is 6.51. The van der Waals surface area contributed by atoms with Crippen LogP contribution in [0.5, 0.6) is 5.75 Å². The molecule has 0 saturated carbocycles. The van der Waals surface area contributed by atoms with E-state index in [-0.39, 0.29) is 0 Å². The lowest BCUT2D eigenvalue weighted by molar-refractivity contribution is 0.415. The van der Waals surface area contributed by atoms with Crippen LogP contribution in [-0.4, -0.2) is 15.5 Å². The van der Waals surface area contributed by atoms with Crippen LogP contribution in [-0.2, 0) is 10.0 Å². The van der Waals surface area contributed by atoms with E-state index in [1.54, 1.807) is 31.4 Å². The lowest BCUT2D eigenvalue weighted by Crippen LogP contribution is -2.06. The first-order valence-electron chi connectivity index (χ1n) is 3.86. The van der Waals surface area contributed by atoms with E-state index in [0.29, 0.717) is 0 Å². The van der Waals surface area contributed by atoms with E-state index in [1.165, 1.54) is 6.08 Å². The molecule has 0 saturated heterocycles. The zero-order chi connectivity index (χ0) is 10.6. The molecular weight excluding hydrogens is 202 g/mol. The second-order valence-electron chi connectivity index (χ2n) is 2.66. The van der Waals surface area contributed by atoms with E-state index >= 15 is 0 Å². The molecule has 0 aliphatic rings. The Bertz CT molecular complexity index is 420. The summed E-state index contributed by atoms with van der Waals surface area (Å²) in [6.45, 7) is 0. The number of hydrogen-bond acceptors (Lipinski definition) is 3. The minimum atomic E-state index is -3.55. The van der Waals surface area contributed by atoms with Gasteiger partial charge in [-0.1, -0.05) is 12.1 Å². The quantitative estimate of drug-likeness (QED) is 0.812. The van der Waals surface area contributed by atoms with Crippen molar-refractivity contribution in [2.24, 2.45) is 5.14 Å². The molecule has 14 heavy (non-hydrogen) atoms. The van der Waals surface area contributed by atoms with E-state index in [4.69, 9.17) is 9.88 Å². The van der Waals surface area contributed by atoms with Crippen molar-refractivity contribution < 1.29 is 13.2 Å². The van der Waals surface area contributed by atoms with Gasteiger partial charge >= 0.3 is 0 Å². The smallest absolute Gasteiger partial charge is 0.231 e. The van der Waals surface area contributed by atoms with Gasteiger partial charge in [0.15, 0.2) is 0 Å². The van der Waals surface area contributed by atoms with Gasteiger partial charge in [-0.2, -0.15) is 0 Å². The Hall–Kier alpha value is -1.33. The number of hydrogen-bond donors (Lipinski definition) is 1. The molecule has 0 bridgehead atoms. The van der Waals surface area contributed by atoms with E-state index in [1.807, 2.05) is 0 Å². The third kappa shape index (κ3) is 3.59. The fraction of sp³-hybridized carbons (Fsp3) is 0.111. The molecule has 0 spiro atoms. The van der Waals surface area contributed by atoms with Gasteiger partial charge in [-0.05, 0) is 23.8 Å². The molecule has 0 heterocycles. The average molecular weight is 213 g/mol. The number of nitrogens with two attached hydrogens (primary N) is 1. The standard InChI is InChI=1S/C9H11NO3S/c1-13-9-4-2-8(3-5-9)6-7-14(10,11)12/h2-7H,1H3,(H2,10,11,12)/b7-6+. The highest BCUT2D eigenvalue weighted by atomic mass is 32.2. The Balaban J connectivity index is 2.84. The van der Waals surface area contributed by atoms with Crippen molar-refractivity contribution in [2.75, 3.05) is 7.11 Å². The summed E-state index contributed by atoms with van der Waals surface area (Å²) >= 11 is 0. The molecule has 0 radical (unpaired) electrons. The number of rotatable bonds is 3. The van der Waals surface area contributed by atoms with Crippen LogP contribution in [0.4, 0.5) is 0 Å². The van der Waals surface area contributed by atoms with E-state index in [2.05, 4.69) is 0 Å². The highest BCUT2D eigenvalue weighted by Gasteiger charge is 1.94. The molecule has 0 unspecified atom stereocenters. The number of sulfonamides is 1. The van der Waals surface area contributed by atoms with Crippen molar-refractivity contribution in [3.63, 3.8) is 0 Å². The van der Waals surface area contributed by atoms with E-state index in [9.17, 15) is 8.42 Å². The van der Waals surface area contributed by atoms with Gasteiger partial charge < -0.3 is 4.74 Å². The Morgan fingerprint density at radius 2 is 1.86 bits per heavy atom. The van der Waals surface area contributed by atoms with Crippen LogP contribution < -0.4 is 9.88 Å². The lowest BCUT2D eigenvalue weighted by Gasteiger charge is -1.98. The largest absolute Gasteiger partial charge is 0.497 e. The van der Waals surface area contributed by atoms with Gasteiger partial charge in [-0.25, -0.2) is 13.6 Å². The van der Waals surface area contributed by atoms with Gasteiger partial charge in [0.1, 0.15) is 5.75 Å². The monoisotopic (exact) mass is 213 g/mol. The summed E-state index contributed by atoms with van der Waals surface area (Å²) in [5.41, 5.74) is 0.750. The summed E-state index contributed by atoms with van der Waals surface area (Å²) in [7, 11) is -1.99. The van der Waals surface area contributed by atoms with Gasteiger partial charge in [0.05, 0.1) is 7.11 Å². The SMILES string of the molecule is COc1ccc(/C=C/S(N)(=O)=O)cc1. The average Bonchev–Trinajstić information content (AvgIpc) is 2.14. The highest BCUT2D eigenvalue weighted by molar-refractivity contribution is 7.92. The lowest BCUT2D eigenvalue weighted by atomic mass is 10.2. The normalized spacial score (nSPS) is 11.9. The zero-order valence-electron chi connectivity index (χ0n) is 7.67. The molecule has 0 amide bonds. The fourth-order valence-electron chi connectivity index (χ4n) is 0.888. The van der Waals surface area contributed by atoms with Crippen molar-refractivity contribution in [2.45, 2.75) is 0 Å². The Kier molecular flexibility index (Phi) is 3.27. The molecule has 1 aromatic rings. The molecule has 76 valence electrons. The minimum absolute atomic E-state index is 0.720. The van der Waals surface area contributed by atoms with Crippen molar-refractivity contribution in [1.29, 1.82) is 0 Å². The molecule has 5 heteroatoms. The summed E-state index contributed by atoms with van der Waals surface area (Å²) in [4.78, 5) is 0. The molecule has 0 aromatic heterocycles. The van der Waals surface area contributed by atoms with Crippen LogP contribution in [0.1, 0.15) is 5.56 Å². The summed E-state index contributed by atoms with van der Waals surface area (Å²) < 4.78 is 26.1. The fourth-order valence-corrected chi connectivity index (χ4v) is 1.24. The van der Waals surface area contributed by atoms with Crippen LogP contribution in [0.15, 0.2) is 29.7 Å². The van der Waals surface area contributed by atoms with Gasteiger partial charge in [0, 0.05) is 5.41 Å². The molecule has 4 nitrogen and oxygen atoms in total. The van der Waals surface area contributed by atoms with E-state index < -0.39 is 10.0 Å². The highest BCUT2D eigenvalue weighted by Crippen LogP contribution is 2.12. The number of primary sulfonamides is 1. The molecule has 0 aliphatic carbocycles. The summed E-state index contributed by atoms with van der Waals surface area (Å²) in [6, 6.07) is 6.95. The molecule has 0 atom stereocenters.